The normalized spacial score (nSPS) is 15.4. The molecule has 1 aliphatic heterocycles. The van der Waals surface area contributed by atoms with E-state index < -0.39 is 30.3 Å². The van der Waals surface area contributed by atoms with Gasteiger partial charge in [0.25, 0.3) is 11.5 Å². The Morgan fingerprint density at radius 2 is 1.97 bits per heavy atom. The number of aliphatic carboxylic acids is 2. The van der Waals surface area contributed by atoms with Gasteiger partial charge < -0.3 is 31.5 Å². The summed E-state index contributed by atoms with van der Waals surface area (Å²) >= 11 is 0. The molecule has 0 spiro atoms. The molecule has 13 nitrogen and oxygen atoms in total. The maximum atomic E-state index is 12.4. The third-order valence-electron chi connectivity index (χ3n) is 5.35. The number of aromatic amines is 1. The van der Waals surface area contributed by atoms with Crippen molar-refractivity contribution >= 4 is 41.6 Å². The van der Waals surface area contributed by atoms with Gasteiger partial charge in [-0.1, -0.05) is 0 Å². The number of H-pyrrole nitrogens is 1. The van der Waals surface area contributed by atoms with Gasteiger partial charge in [-0.2, -0.15) is 0 Å². The molecule has 34 heavy (non-hydrogen) atoms. The topological polar surface area (TPSA) is 208 Å². The number of nitrogens with one attached hydrogen (secondary N) is 3. The number of hydrogen-bond donors (Lipinski definition) is 6. The highest BCUT2D eigenvalue weighted by Gasteiger charge is 2.25. The molecule has 7 N–H and O–H groups in total. The van der Waals surface area contributed by atoms with Crippen molar-refractivity contribution in [3.8, 4) is 0 Å². The first-order valence-corrected chi connectivity index (χ1v) is 10.4. The van der Waals surface area contributed by atoms with Crippen LogP contribution >= 0.6 is 0 Å². The Hall–Kier alpha value is -4.42. The van der Waals surface area contributed by atoms with Crippen LogP contribution in [-0.2, 0) is 20.8 Å². The predicted octanol–water partition coefficient (Wildman–Crippen LogP) is -0.210. The summed E-state index contributed by atoms with van der Waals surface area (Å²) in [6, 6.07) is 4.35. The molecular formula is C21H24N6O7. The molecule has 0 saturated heterocycles. The van der Waals surface area contributed by atoms with Crippen LogP contribution in [0.1, 0.15) is 35.3 Å². The van der Waals surface area contributed by atoms with Gasteiger partial charge in [-0.25, -0.2) is 9.78 Å². The van der Waals surface area contributed by atoms with E-state index in [2.05, 4.69) is 20.6 Å². The largest absolute Gasteiger partial charge is 0.481 e. The molecule has 2 aromatic rings. The monoisotopic (exact) mass is 472 g/mol. The summed E-state index contributed by atoms with van der Waals surface area (Å²) in [5, 5.41) is 23.3. The summed E-state index contributed by atoms with van der Waals surface area (Å²) in [7, 11) is 0. The van der Waals surface area contributed by atoms with E-state index in [1.807, 2.05) is 0 Å². The fraction of sp³-hybridized carbons (Fsp3) is 0.333. The number of carbonyl (C=O) groups excluding carboxylic acids is 2. The number of anilines is 3. The zero-order valence-electron chi connectivity index (χ0n) is 18.0. The SMILES string of the molecule is Nc1nc2c(c(=O)[nH]1)NC(CN(C=O)c1ccc(C(=O)NC(CCC(=O)O)C(=O)O)cc1)CC2. The van der Waals surface area contributed by atoms with Crippen molar-refractivity contribution < 1.29 is 29.4 Å². The number of fused-ring (bicyclic) bond motifs is 1. The second-order valence-electron chi connectivity index (χ2n) is 7.75. The molecule has 2 unspecified atom stereocenters. The van der Waals surface area contributed by atoms with Gasteiger partial charge in [0, 0.05) is 30.3 Å². The lowest BCUT2D eigenvalue weighted by molar-refractivity contribution is -0.140. The quantitative estimate of drug-likeness (QED) is 0.251. The van der Waals surface area contributed by atoms with Gasteiger partial charge in [-0.3, -0.25) is 24.2 Å². The van der Waals surface area contributed by atoms with E-state index in [1.165, 1.54) is 29.2 Å². The molecule has 1 aromatic heterocycles. The van der Waals surface area contributed by atoms with Gasteiger partial charge in [0.1, 0.15) is 11.7 Å². The van der Waals surface area contributed by atoms with Gasteiger partial charge in [-0.15, -0.1) is 0 Å². The highest BCUT2D eigenvalue weighted by molar-refractivity contribution is 5.97. The van der Waals surface area contributed by atoms with Crippen LogP contribution in [0, 0.1) is 0 Å². The fourth-order valence-corrected chi connectivity index (χ4v) is 3.61. The lowest BCUT2D eigenvalue weighted by Gasteiger charge is -2.29. The standard InChI is InChI=1S/C21H24N6O7/c22-21-25-14-6-3-12(23-17(14)19(32)26-21)9-27(10-28)13-4-1-11(2-5-13)18(31)24-15(20(33)34)7-8-16(29)30/h1-2,4-5,10,12,15,23H,3,6-9H2,(H,24,31)(H,29,30)(H,33,34)(H3,22,25,26,32). The number of aromatic nitrogens is 2. The molecule has 0 radical (unpaired) electrons. The molecule has 1 aliphatic rings. The highest BCUT2D eigenvalue weighted by atomic mass is 16.4. The average molecular weight is 472 g/mol. The second-order valence-corrected chi connectivity index (χ2v) is 7.75. The van der Waals surface area contributed by atoms with Crippen LogP contribution in [0.4, 0.5) is 17.3 Å². The van der Waals surface area contributed by atoms with Crippen LogP contribution in [0.15, 0.2) is 29.1 Å². The number of nitrogens with zero attached hydrogens (tertiary/aromatic N) is 2. The molecule has 0 bridgehead atoms. The van der Waals surface area contributed by atoms with E-state index in [4.69, 9.17) is 10.8 Å². The summed E-state index contributed by atoms with van der Waals surface area (Å²) in [5.41, 5.74) is 6.70. The first-order valence-electron chi connectivity index (χ1n) is 10.4. The maximum absolute atomic E-state index is 12.4. The minimum Gasteiger partial charge on any atom is -0.481 e. The van der Waals surface area contributed by atoms with Crippen LogP contribution in [0.25, 0.3) is 0 Å². The van der Waals surface area contributed by atoms with Crippen molar-refractivity contribution in [2.24, 2.45) is 0 Å². The van der Waals surface area contributed by atoms with E-state index in [0.29, 0.717) is 36.3 Å². The molecular weight excluding hydrogens is 448 g/mol. The number of carboxylic acid groups (broad SMARTS) is 2. The van der Waals surface area contributed by atoms with Crippen molar-refractivity contribution in [2.45, 2.75) is 37.8 Å². The molecule has 1 aromatic carbocycles. The van der Waals surface area contributed by atoms with Gasteiger partial charge in [0.2, 0.25) is 12.4 Å². The lowest BCUT2D eigenvalue weighted by Crippen LogP contribution is -2.41. The molecule has 180 valence electrons. The Morgan fingerprint density at radius 1 is 1.26 bits per heavy atom. The number of carboxylic acids is 2. The Kier molecular flexibility index (Phi) is 7.46. The smallest absolute Gasteiger partial charge is 0.326 e. The maximum Gasteiger partial charge on any atom is 0.326 e. The van der Waals surface area contributed by atoms with Crippen LogP contribution in [0.2, 0.25) is 0 Å². The van der Waals surface area contributed by atoms with Crippen molar-refractivity contribution in [1.29, 1.82) is 0 Å². The van der Waals surface area contributed by atoms with Crippen molar-refractivity contribution in [2.75, 3.05) is 22.5 Å². The minimum atomic E-state index is -1.34. The number of hydrogen-bond acceptors (Lipinski definition) is 8. The summed E-state index contributed by atoms with van der Waals surface area (Å²) in [6.45, 7) is 0.245. The van der Waals surface area contributed by atoms with Crippen LogP contribution in [0.3, 0.4) is 0 Å². The predicted molar refractivity (Wildman–Crippen MR) is 121 cm³/mol. The van der Waals surface area contributed by atoms with Gasteiger partial charge in [0.05, 0.1) is 5.69 Å². The molecule has 3 rings (SSSR count). The first kappa shape index (κ1) is 24.2. The van der Waals surface area contributed by atoms with Crippen LogP contribution in [-0.4, -0.2) is 63.1 Å². The third kappa shape index (κ3) is 5.88. The summed E-state index contributed by atoms with van der Waals surface area (Å²) in [5.74, 6) is -3.14. The lowest BCUT2D eigenvalue weighted by atomic mass is 10.0. The molecule has 0 saturated carbocycles. The first-order chi connectivity index (χ1) is 16.2. The van der Waals surface area contributed by atoms with Crippen molar-refractivity contribution in [1.82, 2.24) is 15.3 Å². The second kappa shape index (κ2) is 10.5. The zero-order chi connectivity index (χ0) is 24.8. The van der Waals surface area contributed by atoms with Gasteiger partial charge in [0.15, 0.2) is 0 Å². The van der Waals surface area contributed by atoms with Crippen molar-refractivity contribution in [3.63, 3.8) is 0 Å². The van der Waals surface area contributed by atoms with E-state index in [0.717, 1.165) is 0 Å². The number of benzene rings is 1. The van der Waals surface area contributed by atoms with Gasteiger partial charge in [-0.05, 0) is 43.5 Å². The molecule has 13 heteroatoms. The van der Waals surface area contributed by atoms with E-state index in [9.17, 15) is 29.1 Å². The zero-order valence-corrected chi connectivity index (χ0v) is 18.0. The van der Waals surface area contributed by atoms with E-state index in [-0.39, 0.29) is 36.1 Å². The average Bonchev–Trinajstić information content (AvgIpc) is 2.80. The minimum absolute atomic E-state index is 0.0409. The Labute approximate surface area is 193 Å². The Balaban J connectivity index is 1.65. The molecule has 0 aliphatic carbocycles. The third-order valence-corrected chi connectivity index (χ3v) is 5.35. The molecule has 2 atom stereocenters. The fourth-order valence-electron chi connectivity index (χ4n) is 3.61. The Morgan fingerprint density at radius 3 is 2.59 bits per heavy atom. The number of carbonyl (C=O) groups is 4. The summed E-state index contributed by atoms with van der Waals surface area (Å²) < 4.78 is 0. The Bertz CT molecular complexity index is 1150. The number of aryl methyl sites for hydroxylation is 1. The number of nitrogen functional groups attached to an aromatic ring is 1. The van der Waals surface area contributed by atoms with E-state index in [1.54, 1.807) is 0 Å². The molecule has 0 fully saturated rings. The van der Waals surface area contributed by atoms with E-state index >= 15 is 0 Å². The summed E-state index contributed by atoms with van der Waals surface area (Å²) in [6.07, 6.45) is 1.10. The molecule has 2 amide bonds. The number of nitrogens with two attached hydrogens (primary N) is 1. The summed E-state index contributed by atoms with van der Waals surface area (Å²) in [4.78, 5) is 66.1. The van der Waals surface area contributed by atoms with Gasteiger partial charge >= 0.3 is 11.9 Å². The highest BCUT2D eigenvalue weighted by Crippen LogP contribution is 2.22. The molecule has 2 heterocycles. The number of amides is 2. The van der Waals surface area contributed by atoms with Crippen LogP contribution in [0.5, 0.6) is 0 Å². The van der Waals surface area contributed by atoms with Crippen LogP contribution < -0.4 is 26.8 Å². The van der Waals surface area contributed by atoms with Crippen molar-refractivity contribution in [3.05, 3.63) is 45.9 Å². The number of rotatable bonds is 10.